The summed E-state index contributed by atoms with van der Waals surface area (Å²) < 4.78 is 5.24. The standard InChI is InChI=1S/C17H19NO2S/c1-3-5-6-7-16(19)20-14-10-8-13(9-11-14)17-18-12-15(4-2)21-17/h6-12H,3-5H2,1-2H3. The highest BCUT2D eigenvalue weighted by Crippen LogP contribution is 2.27. The van der Waals surface area contributed by atoms with E-state index >= 15 is 0 Å². The average Bonchev–Trinajstić information content (AvgIpc) is 2.97. The fourth-order valence-electron chi connectivity index (χ4n) is 1.77. The Morgan fingerprint density at radius 3 is 2.67 bits per heavy atom. The highest BCUT2D eigenvalue weighted by molar-refractivity contribution is 7.15. The molecule has 0 unspecified atom stereocenters. The number of aryl methyl sites for hydroxylation is 1. The molecular formula is C17H19NO2S. The highest BCUT2D eigenvalue weighted by Gasteiger charge is 2.05. The summed E-state index contributed by atoms with van der Waals surface area (Å²) in [6, 6.07) is 7.45. The van der Waals surface area contributed by atoms with Gasteiger partial charge in [-0.1, -0.05) is 26.3 Å². The Balaban J connectivity index is 2.00. The van der Waals surface area contributed by atoms with Crippen LogP contribution in [0, 0.1) is 0 Å². The number of benzene rings is 1. The summed E-state index contributed by atoms with van der Waals surface area (Å²) in [5.41, 5.74) is 1.04. The van der Waals surface area contributed by atoms with Crippen molar-refractivity contribution >= 4 is 17.3 Å². The topological polar surface area (TPSA) is 39.2 Å². The van der Waals surface area contributed by atoms with Crippen LogP contribution in [0.25, 0.3) is 10.6 Å². The maximum Gasteiger partial charge on any atom is 0.335 e. The van der Waals surface area contributed by atoms with Gasteiger partial charge in [-0.25, -0.2) is 9.78 Å². The van der Waals surface area contributed by atoms with Gasteiger partial charge in [-0.2, -0.15) is 0 Å². The van der Waals surface area contributed by atoms with Gasteiger partial charge < -0.3 is 4.74 Å². The van der Waals surface area contributed by atoms with Crippen LogP contribution in [-0.4, -0.2) is 11.0 Å². The molecule has 1 aromatic carbocycles. The van der Waals surface area contributed by atoms with E-state index in [0.717, 1.165) is 29.8 Å². The molecule has 0 amide bonds. The monoisotopic (exact) mass is 301 g/mol. The van der Waals surface area contributed by atoms with Gasteiger partial charge in [-0.15, -0.1) is 11.3 Å². The molecular weight excluding hydrogens is 282 g/mol. The summed E-state index contributed by atoms with van der Waals surface area (Å²) in [6.45, 7) is 4.18. The first-order valence-electron chi connectivity index (χ1n) is 7.16. The number of unbranched alkanes of at least 4 members (excludes halogenated alkanes) is 1. The zero-order valence-electron chi connectivity index (χ0n) is 12.3. The minimum absolute atomic E-state index is 0.335. The van der Waals surface area contributed by atoms with Crippen molar-refractivity contribution in [3.05, 3.63) is 47.5 Å². The maximum absolute atomic E-state index is 11.6. The third-order valence-corrected chi connectivity index (χ3v) is 4.12. The molecule has 0 atom stereocenters. The predicted octanol–water partition coefficient (Wildman–Crippen LogP) is 4.63. The van der Waals surface area contributed by atoms with Crippen molar-refractivity contribution in [2.24, 2.45) is 0 Å². The van der Waals surface area contributed by atoms with Crippen LogP contribution in [0.2, 0.25) is 0 Å². The molecule has 0 N–H and O–H groups in total. The van der Waals surface area contributed by atoms with Crippen LogP contribution in [-0.2, 0) is 11.2 Å². The summed E-state index contributed by atoms with van der Waals surface area (Å²) in [5.74, 6) is 0.218. The number of aromatic nitrogens is 1. The fraction of sp³-hybridized carbons (Fsp3) is 0.294. The van der Waals surface area contributed by atoms with Gasteiger partial charge >= 0.3 is 5.97 Å². The molecule has 0 radical (unpaired) electrons. The zero-order valence-corrected chi connectivity index (χ0v) is 13.2. The van der Waals surface area contributed by atoms with Crippen LogP contribution < -0.4 is 4.74 Å². The smallest absolute Gasteiger partial charge is 0.335 e. The first-order valence-corrected chi connectivity index (χ1v) is 7.98. The van der Waals surface area contributed by atoms with Crippen molar-refractivity contribution < 1.29 is 9.53 Å². The van der Waals surface area contributed by atoms with Crippen molar-refractivity contribution in [1.82, 2.24) is 4.98 Å². The lowest BCUT2D eigenvalue weighted by molar-refractivity contribution is -0.129. The van der Waals surface area contributed by atoms with Crippen molar-refractivity contribution in [1.29, 1.82) is 0 Å². The van der Waals surface area contributed by atoms with Gasteiger partial charge in [0, 0.05) is 22.7 Å². The summed E-state index contributed by atoms with van der Waals surface area (Å²) in [4.78, 5) is 17.2. The second-order valence-electron chi connectivity index (χ2n) is 4.62. The number of ether oxygens (including phenoxy) is 1. The van der Waals surface area contributed by atoms with E-state index in [2.05, 4.69) is 18.8 Å². The largest absolute Gasteiger partial charge is 0.423 e. The zero-order chi connectivity index (χ0) is 15.1. The lowest BCUT2D eigenvalue weighted by Crippen LogP contribution is -2.03. The van der Waals surface area contributed by atoms with Crippen LogP contribution in [0.15, 0.2) is 42.6 Å². The van der Waals surface area contributed by atoms with E-state index in [4.69, 9.17) is 4.74 Å². The maximum atomic E-state index is 11.6. The van der Waals surface area contributed by atoms with Gasteiger partial charge in [-0.3, -0.25) is 0 Å². The van der Waals surface area contributed by atoms with Crippen molar-refractivity contribution in [2.75, 3.05) is 0 Å². The van der Waals surface area contributed by atoms with Gasteiger partial charge in [0.1, 0.15) is 10.8 Å². The number of hydrogen-bond donors (Lipinski definition) is 0. The molecule has 4 heteroatoms. The number of carbonyl (C=O) groups is 1. The molecule has 3 nitrogen and oxygen atoms in total. The second-order valence-corrected chi connectivity index (χ2v) is 5.74. The lowest BCUT2D eigenvalue weighted by atomic mass is 10.2. The second kappa shape index (κ2) is 7.74. The van der Waals surface area contributed by atoms with Gasteiger partial charge in [0.25, 0.3) is 0 Å². The Kier molecular flexibility index (Phi) is 5.69. The molecule has 0 fully saturated rings. The minimum atomic E-state index is -0.335. The number of allylic oxidation sites excluding steroid dienone is 1. The number of carbonyl (C=O) groups excluding carboxylic acids is 1. The van der Waals surface area contributed by atoms with Gasteiger partial charge in [0.05, 0.1) is 0 Å². The van der Waals surface area contributed by atoms with Crippen molar-refractivity contribution in [2.45, 2.75) is 33.1 Å². The molecule has 21 heavy (non-hydrogen) atoms. The van der Waals surface area contributed by atoms with E-state index in [1.807, 2.05) is 24.4 Å². The molecule has 1 heterocycles. The molecule has 2 rings (SSSR count). The first-order chi connectivity index (χ1) is 10.2. The average molecular weight is 301 g/mol. The molecule has 0 saturated heterocycles. The first kappa shape index (κ1) is 15.4. The minimum Gasteiger partial charge on any atom is -0.423 e. The summed E-state index contributed by atoms with van der Waals surface area (Å²) >= 11 is 1.69. The Bertz CT molecular complexity index is 614. The van der Waals surface area contributed by atoms with E-state index in [1.54, 1.807) is 23.5 Å². The molecule has 0 saturated carbocycles. The van der Waals surface area contributed by atoms with E-state index in [1.165, 1.54) is 11.0 Å². The van der Waals surface area contributed by atoms with Crippen molar-refractivity contribution in [3.63, 3.8) is 0 Å². The van der Waals surface area contributed by atoms with Crippen LogP contribution in [0.1, 0.15) is 31.6 Å². The van der Waals surface area contributed by atoms with E-state index in [9.17, 15) is 4.79 Å². The van der Waals surface area contributed by atoms with E-state index < -0.39 is 0 Å². The molecule has 0 aliphatic heterocycles. The van der Waals surface area contributed by atoms with Crippen LogP contribution in [0.3, 0.4) is 0 Å². The Morgan fingerprint density at radius 1 is 1.29 bits per heavy atom. The Labute approximate surface area is 129 Å². The Hall–Kier alpha value is -1.94. The number of hydrogen-bond acceptors (Lipinski definition) is 4. The summed E-state index contributed by atoms with van der Waals surface area (Å²) in [5, 5.41) is 0.993. The normalized spacial score (nSPS) is 11.0. The molecule has 0 aliphatic rings. The van der Waals surface area contributed by atoms with Crippen molar-refractivity contribution in [3.8, 4) is 16.3 Å². The lowest BCUT2D eigenvalue weighted by Gasteiger charge is -2.02. The molecule has 1 aromatic heterocycles. The number of nitrogens with zero attached hydrogens (tertiary/aromatic N) is 1. The van der Waals surface area contributed by atoms with E-state index in [0.29, 0.717) is 5.75 Å². The molecule has 2 aromatic rings. The summed E-state index contributed by atoms with van der Waals surface area (Å²) in [7, 11) is 0. The van der Waals surface area contributed by atoms with Crippen LogP contribution in [0.5, 0.6) is 5.75 Å². The Morgan fingerprint density at radius 2 is 2.05 bits per heavy atom. The van der Waals surface area contributed by atoms with Gasteiger partial charge in [0.15, 0.2) is 0 Å². The third kappa shape index (κ3) is 4.53. The number of rotatable bonds is 6. The molecule has 0 bridgehead atoms. The highest BCUT2D eigenvalue weighted by atomic mass is 32.1. The quantitative estimate of drug-likeness (QED) is 0.443. The van der Waals surface area contributed by atoms with Crippen LogP contribution in [0.4, 0.5) is 0 Å². The number of thiazole rings is 1. The number of esters is 1. The third-order valence-electron chi connectivity index (χ3n) is 2.93. The molecule has 0 aliphatic carbocycles. The van der Waals surface area contributed by atoms with Crippen LogP contribution >= 0.6 is 11.3 Å². The molecule has 110 valence electrons. The van der Waals surface area contributed by atoms with Gasteiger partial charge in [-0.05, 0) is 37.1 Å². The van der Waals surface area contributed by atoms with Gasteiger partial charge in [0.2, 0.25) is 0 Å². The fourth-order valence-corrected chi connectivity index (χ4v) is 2.62. The van der Waals surface area contributed by atoms with E-state index in [-0.39, 0.29) is 5.97 Å². The summed E-state index contributed by atoms with van der Waals surface area (Å²) in [6.07, 6.45) is 8.12. The predicted molar refractivity (Wildman–Crippen MR) is 86.6 cm³/mol. The molecule has 0 spiro atoms. The SMILES string of the molecule is CCCC=CC(=O)Oc1ccc(-c2ncc(CC)s2)cc1.